The number of nitrogens with zero attached hydrogens (tertiary/aromatic N) is 1. The van der Waals surface area contributed by atoms with Crippen LogP contribution in [-0.2, 0) is 11.3 Å². The minimum absolute atomic E-state index is 0.252. The third kappa shape index (κ3) is 4.96. The zero-order valence-electron chi connectivity index (χ0n) is 16.6. The van der Waals surface area contributed by atoms with E-state index in [1.165, 1.54) is 17.7 Å². The average molecular weight is 425 g/mol. The van der Waals surface area contributed by atoms with Crippen LogP contribution < -0.4 is 10.9 Å². The van der Waals surface area contributed by atoms with Crippen molar-refractivity contribution < 1.29 is 14.3 Å². The van der Waals surface area contributed by atoms with E-state index >= 15 is 0 Å². The molecular weight excluding hydrogens is 404 g/mol. The molecule has 3 aromatic rings. The Morgan fingerprint density at radius 3 is 2.33 bits per heavy atom. The lowest BCUT2D eigenvalue weighted by atomic mass is 10.1. The molecule has 7 heteroatoms. The van der Waals surface area contributed by atoms with Gasteiger partial charge in [-0.1, -0.05) is 41.9 Å². The molecule has 1 heterocycles. The van der Waals surface area contributed by atoms with E-state index in [1.54, 1.807) is 48.5 Å². The van der Waals surface area contributed by atoms with Gasteiger partial charge in [0.15, 0.2) is 0 Å². The van der Waals surface area contributed by atoms with E-state index in [1.807, 2.05) is 19.1 Å². The normalized spacial score (nSPS) is 11.6. The second-order valence-electron chi connectivity index (χ2n) is 6.77. The largest absolute Gasteiger partial charge is 0.465 e. The van der Waals surface area contributed by atoms with Crippen LogP contribution in [-0.4, -0.2) is 23.6 Å². The van der Waals surface area contributed by atoms with Crippen LogP contribution in [0.2, 0.25) is 5.02 Å². The fourth-order valence-corrected chi connectivity index (χ4v) is 3.16. The molecule has 1 aromatic heterocycles. The zero-order chi connectivity index (χ0) is 21.7. The summed E-state index contributed by atoms with van der Waals surface area (Å²) in [6.45, 7) is 2.08. The van der Waals surface area contributed by atoms with Gasteiger partial charge in [0.2, 0.25) is 0 Å². The van der Waals surface area contributed by atoms with Gasteiger partial charge in [0, 0.05) is 11.1 Å². The second-order valence-corrected chi connectivity index (χ2v) is 7.21. The number of benzene rings is 2. The molecular formula is C23H21ClN2O4. The van der Waals surface area contributed by atoms with Crippen molar-refractivity contribution in [3.05, 3.63) is 104 Å². The number of carbonyl (C=O) groups is 2. The smallest absolute Gasteiger partial charge is 0.337 e. The Morgan fingerprint density at radius 2 is 1.70 bits per heavy atom. The summed E-state index contributed by atoms with van der Waals surface area (Å²) in [5.41, 5.74) is 2.09. The quantitative estimate of drug-likeness (QED) is 0.610. The Hall–Kier alpha value is -3.38. The van der Waals surface area contributed by atoms with Gasteiger partial charge in [-0.3, -0.25) is 14.2 Å². The van der Waals surface area contributed by atoms with E-state index in [0.29, 0.717) is 10.6 Å². The zero-order valence-corrected chi connectivity index (χ0v) is 17.3. The van der Waals surface area contributed by atoms with E-state index in [-0.39, 0.29) is 29.7 Å². The summed E-state index contributed by atoms with van der Waals surface area (Å²) in [5, 5.41) is 3.50. The third-order valence-electron chi connectivity index (χ3n) is 4.72. The predicted octanol–water partition coefficient (Wildman–Crippen LogP) is 3.83. The highest BCUT2D eigenvalue weighted by molar-refractivity contribution is 6.30. The van der Waals surface area contributed by atoms with Gasteiger partial charge >= 0.3 is 5.97 Å². The number of methoxy groups -OCH3 is 1. The highest BCUT2D eigenvalue weighted by Gasteiger charge is 2.16. The molecule has 0 bridgehead atoms. The van der Waals surface area contributed by atoms with Gasteiger partial charge in [0.25, 0.3) is 11.5 Å². The first-order chi connectivity index (χ1) is 14.4. The van der Waals surface area contributed by atoms with Crippen molar-refractivity contribution in [2.45, 2.75) is 19.5 Å². The van der Waals surface area contributed by atoms with Crippen LogP contribution in [0, 0.1) is 0 Å². The first-order valence-corrected chi connectivity index (χ1v) is 9.70. The topological polar surface area (TPSA) is 77.4 Å². The molecule has 1 amide bonds. The number of rotatable bonds is 6. The van der Waals surface area contributed by atoms with Gasteiger partial charge in [-0.25, -0.2) is 4.79 Å². The van der Waals surface area contributed by atoms with Crippen LogP contribution in [0.15, 0.2) is 71.5 Å². The molecule has 30 heavy (non-hydrogen) atoms. The molecule has 0 aliphatic rings. The predicted molar refractivity (Wildman–Crippen MR) is 115 cm³/mol. The molecule has 0 saturated heterocycles. The maximum absolute atomic E-state index is 12.9. The maximum Gasteiger partial charge on any atom is 0.337 e. The number of halogens is 1. The minimum atomic E-state index is -0.422. The van der Waals surface area contributed by atoms with E-state index < -0.39 is 5.97 Å². The highest BCUT2D eigenvalue weighted by atomic mass is 35.5. The molecule has 0 aliphatic heterocycles. The van der Waals surface area contributed by atoms with Crippen LogP contribution >= 0.6 is 11.6 Å². The number of hydrogen-bond donors (Lipinski definition) is 1. The Balaban J connectivity index is 1.79. The molecule has 2 aromatic carbocycles. The maximum atomic E-state index is 12.9. The summed E-state index contributed by atoms with van der Waals surface area (Å²) in [5.74, 6) is -0.792. The number of nitrogens with one attached hydrogen (secondary N) is 1. The minimum Gasteiger partial charge on any atom is -0.465 e. The summed E-state index contributed by atoms with van der Waals surface area (Å²) in [7, 11) is 1.32. The Labute approximate surface area is 179 Å². The number of amides is 1. The summed E-state index contributed by atoms with van der Waals surface area (Å²) in [4.78, 5) is 36.9. The fraction of sp³-hybridized carbons (Fsp3) is 0.174. The third-order valence-corrected chi connectivity index (χ3v) is 4.97. The van der Waals surface area contributed by atoms with Crippen molar-refractivity contribution >= 4 is 23.5 Å². The van der Waals surface area contributed by atoms with Gasteiger partial charge in [-0.15, -0.1) is 0 Å². The number of pyridine rings is 1. The SMILES string of the molecule is COC(=O)c1ccc([C@H](C)NC(=O)c2cccc(=O)n2Cc2ccc(Cl)cc2)cc1. The fourth-order valence-electron chi connectivity index (χ4n) is 3.03. The molecule has 6 nitrogen and oxygen atoms in total. The molecule has 0 radical (unpaired) electrons. The lowest BCUT2D eigenvalue weighted by Crippen LogP contribution is -2.33. The Morgan fingerprint density at radius 1 is 1.03 bits per heavy atom. The van der Waals surface area contributed by atoms with E-state index in [0.717, 1.165) is 11.1 Å². The molecule has 0 spiro atoms. The molecule has 0 fully saturated rings. The first kappa shape index (κ1) is 21.3. The monoisotopic (exact) mass is 424 g/mol. The van der Waals surface area contributed by atoms with Gasteiger partial charge in [0.05, 0.1) is 25.3 Å². The highest BCUT2D eigenvalue weighted by Crippen LogP contribution is 2.15. The van der Waals surface area contributed by atoms with Gasteiger partial charge < -0.3 is 10.1 Å². The number of esters is 1. The van der Waals surface area contributed by atoms with Crippen LogP contribution in [0.5, 0.6) is 0 Å². The number of ether oxygens (including phenoxy) is 1. The number of hydrogen-bond acceptors (Lipinski definition) is 4. The lowest BCUT2D eigenvalue weighted by molar-refractivity contribution is 0.0600. The van der Waals surface area contributed by atoms with Crippen LogP contribution in [0.25, 0.3) is 0 Å². The molecule has 0 saturated carbocycles. The van der Waals surface area contributed by atoms with Crippen LogP contribution in [0.3, 0.4) is 0 Å². The van der Waals surface area contributed by atoms with Crippen molar-refractivity contribution in [1.29, 1.82) is 0 Å². The van der Waals surface area contributed by atoms with Crippen molar-refractivity contribution in [3.8, 4) is 0 Å². The standard InChI is InChI=1S/C23H21ClN2O4/c1-15(17-8-10-18(11-9-17)23(29)30-2)25-22(28)20-4-3-5-21(27)26(20)14-16-6-12-19(24)13-7-16/h3-13,15H,14H2,1-2H3,(H,25,28)/t15-/m0/s1. The average Bonchev–Trinajstić information content (AvgIpc) is 2.76. The van der Waals surface area contributed by atoms with E-state index in [9.17, 15) is 14.4 Å². The summed E-state index contributed by atoms with van der Waals surface area (Å²) in [6, 6.07) is 18.2. The van der Waals surface area contributed by atoms with Crippen molar-refractivity contribution in [2.24, 2.45) is 0 Å². The molecule has 0 unspecified atom stereocenters. The molecule has 1 atom stereocenters. The van der Waals surface area contributed by atoms with Crippen molar-refractivity contribution in [1.82, 2.24) is 9.88 Å². The summed E-state index contributed by atoms with van der Waals surface area (Å²) >= 11 is 5.92. The van der Waals surface area contributed by atoms with Gasteiger partial charge in [-0.05, 0) is 48.4 Å². The summed E-state index contributed by atoms with van der Waals surface area (Å²) < 4.78 is 6.11. The molecule has 1 N–H and O–H groups in total. The number of aromatic nitrogens is 1. The van der Waals surface area contributed by atoms with Gasteiger partial charge in [-0.2, -0.15) is 0 Å². The molecule has 3 rings (SSSR count). The van der Waals surface area contributed by atoms with Crippen molar-refractivity contribution in [2.75, 3.05) is 7.11 Å². The first-order valence-electron chi connectivity index (χ1n) is 9.32. The van der Waals surface area contributed by atoms with E-state index in [2.05, 4.69) is 5.32 Å². The molecule has 0 aliphatic carbocycles. The summed E-state index contributed by atoms with van der Waals surface area (Å²) in [6.07, 6.45) is 0. The lowest BCUT2D eigenvalue weighted by Gasteiger charge is -2.17. The van der Waals surface area contributed by atoms with Crippen molar-refractivity contribution in [3.63, 3.8) is 0 Å². The van der Waals surface area contributed by atoms with Crippen LogP contribution in [0.4, 0.5) is 0 Å². The van der Waals surface area contributed by atoms with E-state index in [4.69, 9.17) is 16.3 Å². The number of carbonyl (C=O) groups excluding carboxylic acids is 2. The van der Waals surface area contributed by atoms with Crippen LogP contribution in [0.1, 0.15) is 44.9 Å². The van der Waals surface area contributed by atoms with Gasteiger partial charge in [0.1, 0.15) is 5.69 Å². The molecule has 154 valence electrons. The Bertz CT molecular complexity index is 1110. The second kappa shape index (κ2) is 9.41. The Kier molecular flexibility index (Phi) is 6.69.